The molecule has 1 rings (SSSR count). The van der Waals surface area contributed by atoms with Gasteiger partial charge in [0.1, 0.15) is 0 Å². The highest BCUT2D eigenvalue weighted by atomic mass is 15.1. The molecule has 0 aromatic heterocycles. The van der Waals surface area contributed by atoms with E-state index in [-0.39, 0.29) is 0 Å². The van der Waals surface area contributed by atoms with Gasteiger partial charge in [-0.1, -0.05) is 38.1 Å². The Morgan fingerprint density at radius 2 is 1.67 bits per heavy atom. The van der Waals surface area contributed by atoms with Crippen LogP contribution in [0, 0.1) is 0 Å². The van der Waals surface area contributed by atoms with Crippen molar-refractivity contribution in [1.82, 2.24) is 4.90 Å². The van der Waals surface area contributed by atoms with Crippen LogP contribution in [0.25, 0.3) is 0 Å². The van der Waals surface area contributed by atoms with Crippen LogP contribution in [0.5, 0.6) is 0 Å². The van der Waals surface area contributed by atoms with Crippen molar-refractivity contribution in [3.8, 4) is 0 Å². The van der Waals surface area contributed by atoms with Gasteiger partial charge in [-0.2, -0.15) is 0 Å². The zero-order valence-corrected chi connectivity index (χ0v) is 9.87. The van der Waals surface area contributed by atoms with Crippen molar-refractivity contribution < 1.29 is 0 Å². The van der Waals surface area contributed by atoms with E-state index in [2.05, 4.69) is 43.0 Å². The van der Waals surface area contributed by atoms with E-state index in [9.17, 15) is 0 Å². The minimum Gasteiger partial charge on any atom is -0.326 e. The van der Waals surface area contributed by atoms with Crippen LogP contribution in [0.2, 0.25) is 0 Å². The summed E-state index contributed by atoms with van der Waals surface area (Å²) in [5, 5.41) is 0. The molecule has 84 valence electrons. The third-order valence-corrected chi connectivity index (χ3v) is 2.93. The van der Waals surface area contributed by atoms with Crippen molar-refractivity contribution in [2.24, 2.45) is 5.73 Å². The average Bonchev–Trinajstić information content (AvgIpc) is 2.31. The Morgan fingerprint density at radius 1 is 1.07 bits per heavy atom. The van der Waals surface area contributed by atoms with Crippen LogP contribution < -0.4 is 5.73 Å². The predicted octanol–water partition coefficient (Wildman–Crippen LogP) is 2.03. The second-order valence-corrected chi connectivity index (χ2v) is 3.75. The number of rotatable bonds is 6. The van der Waals surface area contributed by atoms with E-state index in [1.165, 1.54) is 11.1 Å². The number of nitrogens with two attached hydrogens (primary N) is 1. The Bertz CT molecular complexity index is 280. The molecule has 0 aliphatic carbocycles. The van der Waals surface area contributed by atoms with Gasteiger partial charge in [0, 0.05) is 13.1 Å². The van der Waals surface area contributed by atoms with Crippen molar-refractivity contribution in [3.05, 3.63) is 35.4 Å². The maximum atomic E-state index is 5.71. The lowest BCUT2D eigenvalue weighted by molar-refractivity contribution is 0.307. The molecule has 0 aliphatic heterocycles. The van der Waals surface area contributed by atoms with Gasteiger partial charge in [0.25, 0.3) is 0 Å². The molecule has 0 fully saturated rings. The number of likely N-dealkylation sites (N-methyl/N-ethyl adjacent to an activating group) is 1. The highest BCUT2D eigenvalue weighted by Crippen LogP contribution is 2.09. The first-order chi connectivity index (χ1) is 7.31. The van der Waals surface area contributed by atoms with E-state index in [0.29, 0.717) is 6.54 Å². The normalized spacial score (nSPS) is 10.9. The van der Waals surface area contributed by atoms with Gasteiger partial charge in [0.2, 0.25) is 0 Å². The van der Waals surface area contributed by atoms with Crippen LogP contribution in [-0.2, 0) is 13.0 Å². The molecule has 0 heterocycles. The van der Waals surface area contributed by atoms with E-state index < -0.39 is 0 Å². The summed E-state index contributed by atoms with van der Waals surface area (Å²) in [6.07, 6.45) is 1.11. The number of nitrogens with zero attached hydrogens (tertiary/aromatic N) is 1. The summed E-state index contributed by atoms with van der Waals surface area (Å²) in [6.45, 7) is 8.44. The van der Waals surface area contributed by atoms with Crippen molar-refractivity contribution in [3.63, 3.8) is 0 Å². The Kier molecular flexibility index (Phi) is 5.37. The summed E-state index contributed by atoms with van der Waals surface area (Å²) in [6, 6.07) is 8.46. The quantitative estimate of drug-likeness (QED) is 0.771. The molecule has 2 N–H and O–H groups in total. The van der Waals surface area contributed by atoms with E-state index in [1.807, 2.05) is 0 Å². The molecule has 0 bridgehead atoms. The molecule has 0 atom stereocenters. The Hall–Kier alpha value is -0.860. The lowest BCUT2D eigenvalue weighted by atomic mass is 10.0. The molecule has 0 saturated heterocycles. The van der Waals surface area contributed by atoms with Crippen LogP contribution in [0.15, 0.2) is 24.3 Å². The summed E-state index contributed by atoms with van der Waals surface area (Å²) < 4.78 is 0. The lowest BCUT2D eigenvalue weighted by Crippen LogP contribution is -2.25. The van der Waals surface area contributed by atoms with Gasteiger partial charge in [-0.25, -0.2) is 0 Å². The summed E-state index contributed by atoms with van der Waals surface area (Å²) in [5.74, 6) is 0. The smallest absolute Gasteiger partial charge is 0.0180 e. The van der Waals surface area contributed by atoms with Crippen LogP contribution in [-0.4, -0.2) is 24.5 Å². The topological polar surface area (TPSA) is 29.3 Å². The van der Waals surface area contributed by atoms with Crippen molar-refractivity contribution in [2.45, 2.75) is 26.8 Å². The molecule has 0 spiro atoms. The maximum absolute atomic E-state index is 5.71. The molecule has 2 nitrogen and oxygen atoms in total. The van der Waals surface area contributed by atoms with Crippen molar-refractivity contribution in [2.75, 3.05) is 19.6 Å². The van der Waals surface area contributed by atoms with Gasteiger partial charge in [-0.15, -0.1) is 0 Å². The van der Waals surface area contributed by atoms with E-state index in [0.717, 1.165) is 26.1 Å². The van der Waals surface area contributed by atoms with Gasteiger partial charge in [0.05, 0.1) is 0 Å². The Morgan fingerprint density at radius 3 is 2.20 bits per heavy atom. The van der Waals surface area contributed by atoms with Crippen molar-refractivity contribution in [1.29, 1.82) is 0 Å². The molecule has 0 saturated carbocycles. The maximum Gasteiger partial charge on any atom is 0.0180 e. The molecule has 15 heavy (non-hydrogen) atoms. The zero-order valence-electron chi connectivity index (χ0n) is 9.87. The van der Waals surface area contributed by atoms with E-state index >= 15 is 0 Å². The van der Waals surface area contributed by atoms with Gasteiger partial charge >= 0.3 is 0 Å². The monoisotopic (exact) mass is 206 g/mol. The molecular formula is C13H22N2. The molecule has 0 radical (unpaired) electrons. The van der Waals surface area contributed by atoms with Crippen LogP contribution in [0.4, 0.5) is 0 Å². The second kappa shape index (κ2) is 6.59. The third-order valence-electron chi connectivity index (χ3n) is 2.93. The summed E-state index contributed by atoms with van der Waals surface area (Å²) in [7, 11) is 0. The molecule has 0 unspecified atom stereocenters. The zero-order chi connectivity index (χ0) is 11.1. The van der Waals surface area contributed by atoms with Crippen LogP contribution >= 0.6 is 0 Å². The van der Waals surface area contributed by atoms with Crippen LogP contribution in [0.1, 0.15) is 25.0 Å². The summed E-state index contributed by atoms with van der Waals surface area (Å²) >= 11 is 0. The summed E-state index contributed by atoms with van der Waals surface area (Å²) in [5.41, 5.74) is 8.39. The molecular weight excluding hydrogens is 184 g/mol. The minimum atomic E-state index is 0.647. The lowest BCUT2D eigenvalue weighted by Gasteiger charge is -2.18. The molecule has 2 heteroatoms. The molecule has 0 amide bonds. The first-order valence-electron chi connectivity index (χ1n) is 5.81. The van der Waals surface area contributed by atoms with Gasteiger partial charge in [-0.05, 0) is 30.6 Å². The van der Waals surface area contributed by atoms with Gasteiger partial charge in [-0.3, -0.25) is 0 Å². The van der Waals surface area contributed by atoms with Gasteiger partial charge in [0.15, 0.2) is 0 Å². The minimum absolute atomic E-state index is 0.647. The highest BCUT2D eigenvalue weighted by Gasteiger charge is 2.02. The number of hydrogen-bond donors (Lipinski definition) is 1. The Labute approximate surface area is 93.1 Å². The fourth-order valence-electron chi connectivity index (χ4n) is 1.82. The predicted molar refractivity (Wildman–Crippen MR) is 65.8 cm³/mol. The molecule has 0 aliphatic rings. The third kappa shape index (κ3) is 3.65. The van der Waals surface area contributed by atoms with Gasteiger partial charge < -0.3 is 10.6 Å². The fourth-order valence-corrected chi connectivity index (χ4v) is 1.82. The highest BCUT2D eigenvalue weighted by molar-refractivity contribution is 5.27. The van der Waals surface area contributed by atoms with Crippen molar-refractivity contribution >= 4 is 0 Å². The molecule has 1 aromatic rings. The molecule has 1 aromatic carbocycles. The summed E-state index contributed by atoms with van der Waals surface area (Å²) in [4.78, 5) is 2.44. The average molecular weight is 206 g/mol. The van der Waals surface area contributed by atoms with E-state index in [1.54, 1.807) is 0 Å². The largest absolute Gasteiger partial charge is 0.326 e. The van der Waals surface area contributed by atoms with Crippen LogP contribution in [0.3, 0.4) is 0 Å². The first-order valence-corrected chi connectivity index (χ1v) is 5.81. The fraction of sp³-hybridized carbons (Fsp3) is 0.538. The Balaban J connectivity index is 2.56. The standard InChI is InChI=1S/C13H22N2/c1-3-15(4-2)10-9-12-7-5-6-8-13(12)11-14/h5-8H,3-4,9-11,14H2,1-2H3. The number of hydrogen-bond acceptors (Lipinski definition) is 2. The SMILES string of the molecule is CCN(CC)CCc1ccccc1CN. The second-order valence-electron chi connectivity index (χ2n) is 3.75. The first kappa shape index (κ1) is 12.2. The van der Waals surface area contributed by atoms with E-state index in [4.69, 9.17) is 5.73 Å². The number of benzene rings is 1.